The summed E-state index contributed by atoms with van der Waals surface area (Å²) < 4.78 is 17.7. The van der Waals surface area contributed by atoms with Gasteiger partial charge in [-0.3, -0.25) is 10.3 Å². The van der Waals surface area contributed by atoms with E-state index in [0.29, 0.717) is 5.84 Å². The number of nitrogens with zero attached hydrogens (tertiary/aromatic N) is 1. The Balaban J connectivity index is 1.68. The van der Waals surface area contributed by atoms with Crippen LogP contribution in [0.15, 0.2) is 59.6 Å². The highest BCUT2D eigenvalue weighted by Crippen LogP contribution is 2.36. The van der Waals surface area contributed by atoms with Crippen LogP contribution < -0.4 is 10.8 Å². The molecule has 0 radical (unpaired) electrons. The number of ether oxygens (including phenoxy) is 1. The van der Waals surface area contributed by atoms with Crippen LogP contribution in [0.25, 0.3) is 0 Å². The van der Waals surface area contributed by atoms with Crippen LogP contribution in [0.3, 0.4) is 0 Å². The molecule has 1 heterocycles. The summed E-state index contributed by atoms with van der Waals surface area (Å²) in [6, 6.07) is 17.1. The average molecular weight is 449 g/mol. The summed E-state index contributed by atoms with van der Waals surface area (Å²) in [4.78, 5) is 16.7. The van der Waals surface area contributed by atoms with Crippen molar-refractivity contribution in [2.24, 2.45) is 4.99 Å². The van der Waals surface area contributed by atoms with Gasteiger partial charge in [-0.15, -0.1) is 0 Å². The number of alkyl carbamates (subject to hydrolysis) is 1. The van der Waals surface area contributed by atoms with Crippen LogP contribution in [0.5, 0.6) is 0 Å². The highest BCUT2D eigenvalue weighted by Gasteiger charge is 2.51. The molecule has 1 aliphatic rings. The predicted octanol–water partition coefficient (Wildman–Crippen LogP) is 4.23. The molecule has 2 N–H and O–H groups in total. The van der Waals surface area contributed by atoms with Gasteiger partial charge in [-0.1, -0.05) is 54.6 Å². The van der Waals surface area contributed by atoms with E-state index < -0.39 is 36.4 Å². The SMILES string of the molecule is CN=C(NC(=O)OC(C)c1ccccc1)C(C=N)c1ccc(B2OC(C)(C)C(C)(C)O2)cc1. The molecule has 0 aromatic heterocycles. The largest absolute Gasteiger partial charge is 0.494 e. The van der Waals surface area contributed by atoms with E-state index in [-0.39, 0.29) is 0 Å². The molecule has 2 atom stereocenters. The maximum atomic E-state index is 12.5. The maximum Gasteiger partial charge on any atom is 0.494 e. The average Bonchev–Trinajstić information content (AvgIpc) is 3.01. The molecule has 174 valence electrons. The molecule has 0 saturated carbocycles. The molecule has 1 aliphatic heterocycles. The predicted molar refractivity (Wildman–Crippen MR) is 132 cm³/mol. The quantitative estimate of drug-likeness (QED) is 0.392. The smallest absolute Gasteiger partial charge is 0.441 e. The van der Waals surface area contributed by atoms with Crippen LogP contribution in [0.1, 0.15) is 57.8 Å². The molecule has 2 unspecified atom stereocenters. The second-order valence-corrected chi connectivity index (χ2v) is 9.09. The molecule has 2 aromatic carbocycles. The van der Waals surface area contributed by atoms with Crippen molar-refractivity contribution in [3.63, 3.8) is 0 Å². The molecule has 8 heteroatoms. The fourth-order valence-electron chi connectivity index (χ4n) is 3.53. The third-order valence-corrected chi connectivity index (χ3v) is 6.31. The number of carbonyl (C=O) groups is 1. The summed E-state index contributed by atoms with van der Waals surface area (Å²) in [6.07, 6.45) is 0.210. The van der Waals surface area contributed by atoms with Gasteiger partial charge in [0.2, 0.25) is 0 Å². The minimum absolute atomic E-state index is 0.332. The van der Waals surface area contributed by atoms with Crippen molar-refractivity contribution >= 4 is 30.7 Å². The first-order valence-electron chi connectivity index (χ1n) is 11.0. The number of nitrogens with one attached hydrogen (secondary N) is 2. The number of aliphatic imine (C=N–C) groups is 1. The van der Waals surface area contributed by atoms with E-state index >= 15 is 0 Å². The van der Waals surface area contributed by atoms with Crippen molar-refractivity contribution in [2.75, 3.05) is 7.05 Å². The molecule has 33 heavy (non-hydrogen) atoms. The van der Waals surface area contributed by atoms with Crippen molar-refractivity contribution in [1.29, 1.82) is 5.41 Å². The Kier molecular flexibility index (Phi) is 7.39. The molecular weight excluding hydrogens is 417 g/mol. The van der Waals surface area contributed by atoms with E-state index in [1.165, 1.54) is 6.21 Å². The normalized spacial score (nSPS) is 19.0. The third-order valence-electron chi connectivity index (χ3n) is 6.31. The summed E-state index contributed by atoms with van der Waals surface area (Å²) in [5, 5.41) is 10.6. The molecule has 0 aliphatic carbocycles. The van der Waals surface area contributed by atoms with Gasteiger partial charge in [0, 0.05) is 13.3 Å². The maximum absolute atomic E-state index is 12.5. The van der Waals surface area contributed by atoms with Crippen LogP contribution in [0.4, 0.5) is 4.79 Å². The van der Waals surface area contributed by atoms with Crippen molar-refractivity contribution in [3.05, 3.63) is 65.7 Å². The molecular formula is C25H32BN3O4. The van der Waals surface area contributed by atoms with Gasteiger partial charge in [-0.05, 0) is 51.2 Å². The molecule has 7 nitrogen and oxygen atoms in total. The van der Waals surface area contributed by atoms with Gasteiger partial charge in [0.25, 0.3) is 0 Å². The van der Waals surface area contributed by atoms with E-state index in [4.69, 9.17) is 19.5 Å². The van der Waals surface area contributed by atoms with Gasteiger partial charge in [0.1, 0.15) is 11.9 Å². The fraction of sp³-hybridized carbons (Fsp3) is 0.400. The molecule has 1 saturated heterocycles. The third kappa shape index (κ3) is 5.51. The number of rotatable bonds is 6. The number of benzene rings is 2. The number of amidine groups is 1. The van der Waals surface area contributed by atoms with Gasteiger partial charge < -0.3 is 19.5 Å². The second kappa shape index (κ2) is 9.89. The van der Waals surface area contributed by atoms with E-state index in [9.17, 15) is 4.79 Å². The zero-order valence-electron chi connectivity index (χ0n) is 20.1. The van der Waals surface area contributed by atoms with Crippen LogP contribution >= 0.6 is 0 Å². The number of hydrogen-bond donors (Lipinski definition) is 2. The molecule has 3 rings (SSSR count). The van der Waals surface area contributed by atoms with Crippen molar-refractivity contribution in [1.82, 2.24) is 5.32 Å². The number of hydrogen-bond acceptors (Lipinski definition) is 6. The number of amides is 1. The van der Waals surface area contributed by atoms with Crippen molar-refractivity contribution < 1.29 is 18.8 Å². The number of carbonyl (C=O) groups excluding carboxylic acids is 1. The molecule has 0 spiro atoms. The highest BCUT2D eigenvalue weighted by atomic mass is 16.7. The van der Waals surface area contributed by atoms with E-state index in [2.05, 4.69) is 10.3 Å². The molecule has 0 bridgehead atoms. The topological polar surface area (TPSA) is 93.0 Å². The lowest BCUT2D eigenvalue weighted by Crippen LogP contribution is -2.41. The van der Waals surface area contributed by atoms with Crippen LogP contribution in [0.2, 0.25) is 0 Å². The minimum atomic E-state index is -0.618. The van der Waals surface area contributed by atoms with Gasteiger partial charge in [-0.25, -0.2) is 4.79 Å². The zero-order chi connectivity index (χ0) is 24.2. The van der Waals surface area contributed by atoms with Crippen LogP contribution in [0, 0.1) is 5.41 Å². The summed E-state index contributed by atoms with van der Waals surface area (Å²) in [6.45, 7) is 9.86. The summed E-state index contributed by atoms with van der Waals surface area (Å²) >= 11 is 0. The zero-order valence-corrected chi connectivity index (χ0v) is 20.1. The van der Waals surface area contributed by atoms with E-state index in [1.807, 2.05) is 82.3 Å². The van der Waals surface area contributed by atoms with Gasteiger partial charge in [0.15, 0.2) is 0 Å². The Morgan fingerprint density at radius 3 is 2.12 bits per heavy atom. The van der Waals surface area contributed by atoms with Gasteiger partial charge >= 0.3 is 13.2 Å². The standard InChI is InChI=1S/C25H32BN3O4/c1-17(18-10-8-7-9-11-18)31-23(30)29-22(28-6)21(16-27)19-12-14-20(15-13-19)26-32-24(2,3)25(4,5)33-26/h7-17,21,27H,1-6H3,(H,28,29,30). The lowest BCUT2D eigenvalue weighted by molar-refractivity contribution is 0.00578. The molecule has 1 amide bonds. The van der Waals surface area contributed by atoms with Gasteiger partial charge in [-0.2, -0.15) is 0 Å². The fourth-order valence-corrected chi connectivity index (χ4v) is 3.53. The first-order chi connectivity index (χ1) is 15.6. The first kappa shape index (κ1) is 24.7. The Morgan fingerprint density at radius 1 is 1.03 bits per heavy atom. The second-order valence-electron chi connectivity index (χ2n) is 9.09. The Labute approximate surface area is 196 Å². The highest BCUT2D eigenvalue weighted by molar-refractivity contribution is 6.62. The summed E-state index contributed by atoms with van der Waals surface area (Å²) in [5.74, 6) is -0.194. The summed E-state index contributed by atoms with van der Waals surface area (Å²) in [5.41, 5.74) is 1.75. The van der Waals surface area contributed by atoms with Gasteiger partial charge in [0.05, 0.1) is 17.1 Å². The first-order valence-corrected chi connectivity index (χ1v) is 11.0. The minimum Gasteiger partial charge on any atom is -0.441 e. The summed E-state index contributed by atoms with van der Waals surface area (Å²) in [7, 11) is 1.11. The van der Waals surface area contributed by atoms with Crippen LogP contribution in [-0.4, -0.2) is 43.5 Å². The Morgan fingerprint density at radius 2 is 1.61 bits per heavy atom. The molecule has 2 aromatic rings. The van der Waals surface area contributed by atoms with Crippen LogP contribution in [-0.2, 0) is 14.0 Å². The Hall–Kier alpha value is -2.97. The van der Waals surface area contributed by atoms with E-state index in [0.717, 1.165) is 16.6 Å². The van der Waals surface area contributed by atoms with Crippen molar-refractivity contribution in [2.45, 2.75) is 57.8 Å². The Bertz CT molecular complexity index is 990. The lowest BCUT2D eigenvalue weighted by Gasteiger charge is -2.32. The molecule has 1 fully saturated rings. The lowest BCUT2D eigenvalue weighted by atomic mass is 9.78. The van der Waals surface area contributed by atoms with E-state index in [1.54, 1.807) is 14.0 Å². The monoisotopic (exact) mass is 449 g/mol. The van der Waals surface area contributed by atoms with Crippen molar-refractivity contribution in [3.8, 4) is 0 Å².